The third-order valence-corrected chi connectivity index (χ3v) is 6.24. The van der Waals surface area contributed by atoms with E-state index in [2.05, 4.69) is 5.32 Å². The van der Waals surface area contributed by atoms with Gasteiger partial charge in [0.15, 0.2) is 0 Å². The topological polar surface area (TPSA) is 61.7 Å². The summed E-state index contributed by atoms with van der Waals surface area (Å²) >= 11 is 6.05. The van der Waals surface area contributed by atoms with Crippen molar-refractivity contribution in [2.75, 3.05) is 5.32 Å². The van der Waals surface area contributed by atoms with E-state index >= 15 is 0 Å². The molecule has 3 atom stereocenters. The predicted octanol–water partition coefficient (Wildman–Crippen LogP) is 6.05. The van der Waals surface area contributed by atoms with E-state index in [1.165, 1.54) is 0 Å². The number of anilines is 1. The van der Waals surface area contributed by atoms with Crippen molar-refractivity contribution < 1.29 is 9.90 Å². The highest BCUT2D eigenvalue weighted by atomic mass is 35.5. The van der Waals surface area contributed by atoms with Gasteiger partial charge in [0.25, 0.3) is 0 Å². The molecule has 1 saturated carbocycles. The molecule has 0 saturated heterocycles. The summed E-state index contributed by atoms with van der Waals surface area (Å²) in [5.74, 6) is 0.0591. The van der Waals surface area contributed by atoms with Crippen molar-refractivity contribution in [3.05, 3.63) is 88.9 Å². The fourth-order valence-electron chi connectivity index (χ4n) is 4.56. The fourth-order valence-corrected chi connectivity index (χ4v) is 4.69. The minimum atomic E-state index is -0.372. The van der Waals surface area contributed by atoms with Crippen LogP contribution in [-0.2, 0) is 4.79 Å². The van der Waals surface area contributed by atoms with E-state index in [1.807, 2.05) is 60.7 Å². The molecule has 3 aromatic carbocycles. The monoisotopic (exact) mass is 416 g/mol. The van der Waals surface area contributed by atoms with Gasteiger partial charge >= 0.3 is 0 Å². The molecule has 1 heterocycles. The smallest absolute Gasteiger partial charge is 0.144 e. The SMILES string of the molecule is O=C1C[C@H](c2ccc(Cl)cc2)CC2=Nc3ccccc3N[C@@H](c3cccc(O)c3)[C@@H]12. The molecule has 0 amide bonds. The molecular weight excluding hydrogens is 396 g/mol. The van der Waals surface area contributed by atoms with Crippen LogP contribution in [0.3, 0.4) is 0 Å². The molecule has 5 heteroatoms. The molecule has 1 aliphatic carbocycles. The number of rotatable bonds is 2. The van der Waals surface area contributed by atoms with Crippen LogP contribution in [0.4, 0.5) is 11.4 Å². The number of para-hydroxylation sites is 2. The number of hydrogen-bond acceptors (Lipinski definition) is 4. The number of Topliss-reactive ketones (excluding diaryl/α,β-unsaturated/α-hetero) is 1. The van der Waals surface area contributed by atoms with E-state index in [4.69, 9.17) is 16.6 Å². The highest BCUT2D eigenvalue weighted by Gasteiger charge is 2.41. The Hall–Kier alpha value is -3.11. The van der Waals surface area contributed by atoms with Gasteiger partial charge in [-0.25, -0.2) is 0 Å². The van der Waals surface area contributed by atoms with E-state index in [0.29, 0.717) is 17.9 Å². The summed E-state index contributed by atoms with van der Waals surface area (Å²) in [5, 5.41) is 14.2. The molecule has 5 rings (SSSR count). The van der Waals surface area contributed by atoms with Crippen LogP contribution in [0.1, 0.15) is 35.9 Å². The minimum Gasteiger partial charge on any atom is -0.508 e. The van der Waals surface area contributed by atoms with Gasteiger partial charge in [0.2, 0.25) is 0 Å². The number of nitrogens with one attached hydrogen (secondary N) is 1. The zero-order chi connectivity index (χ0) is 20.7. The largest absolute Gasteiger partial charge is 0.508 e. The third kappa shape index (κ3) is 3.48. The Morgan fingerprint density at radius 1 is 0.933 bits per heavy atom. The number of aliphatic imine (C=N–C) groups is 1. The Morgan fingerprint density at radius 2 is 1.73 bits per heavy atom. The molecular formula is C25H21ClN2O2. The summed E-state index contributed by atoms with van der Waals surface area (Å²) in [7, 11) is 0. The van der Waals surface area contributed by atoms with Crippen molar-refractivity contribution in [3.63, 3.8) is 0 Å². The lowest BCUT2D eigenvalue weighted by Gasteiger charge is -2.34. The van der Waals surface area contributed by atoms with Crippen LogP contribution in [0.15, 0.2) is 77.8 Å². The van der Waals surface area contributed by atoms with E-state index in [0.717, 1.165) is 28.2 Å². The first-order valence-electron chi connectivity index (χ1n) is 10.1. The quantitative estimate of drug-likeness (QED) is 0.534. The van der Waals surface area contributed by atoms with Crippen molar-refractivity contribution in [1.29, 1.82) is 0 Å². The number of hydrogen-bond donors (Lipinski definition) is 2. The number of phenols is 1. The Balaban J connectivity index is 1.59. The number of halogens is 1. The molecule has 1 fully saturated rings. The van der Waals surface area contributed by atoms with Crippen molar-refractivity contribution in [3.8, 4) is 5.75 Å². The van der Waals surface area contributed by atoms with Crippen molar-refractivity contribution >= 4 is 34.5 Å². The number of benzene rings is 3. The van der Waals surface area contributed by atoms with Crippen LogP contribution in [0.5, 0.6) is 5.75 Å². The van der Waals surface area contributed by atoms with E-state index < -0.39 is 0 Å². The maximum Gasteiger partial charge on any atom is 0.144 e. The molecule has 2 N–H and O–H groups in total. The summed E-state index contributed by atoms with van der Waals surface area (Å²) in [6.07, 6.45) is 1.17. The number of fused-ring (bicyclic) bond motifs is 2. The zero-order valence-corrected chi connectivity index (χ0v) is 17.0. The summed E-state index contributed by atoms with van der Waals surface area (Å²) < 4.78 is 0. The standard InChI is InChI=1S/C25H21ClN2O2/c26-18-10-8-15(9-11-18)17-13-22-24(23(30)14-17)25(16-4-3-5-19(29)12-16)28-21-7-2-1-6-20(21)27-22/h1-12,17,24-25,28-29H,13-14H2/t17-,24-,25+/m1/s1. The Kier molecular flexibility index (Phi) is 4.80. The molecule has 0 spiro atoms. The predicted molar refractivity (Wildman–Crippen MR) is 120 cm³/mol. The number of nitrogens with zero attached hydrogens (tertiary/aromatic N) is 1. The second kappa shape index (κ2) is 7.62. The number of ketones is 1. The lowest BCUT2D eigenvalue weighted by Crippen LogP contribution is -2.38. The van der Waals surface area contributed by atoms with Gasteiger partial charge < -0.3 is 10.4 Å². The Labute approximate surface area is 180 Å². The van der Waals surface area contributed by atoms with Crippen LogP contribution in [0.25, 0.3) is 0 Å². The lowest BCUT2D eigenvalue weighted by atomic mass is 9.72. The molecule has 0 radical (unpaired) electrons. The van der Waals surface area contributed by atoms with Crippen LogP contribution in [0.2, 0.25) is 5.02 Å². The lowest BCUT2D eigenvalue weighted by molar-refractivity contribution is -0.122. The van der Waals surface area contributed by atoms with Gasteiger partial charge in [-0.2, -0.15) is 0 Å². The van der Waals surface area contributed by atoms with Crippen LogP contribution in [-0.4, -0.2) is 16.6 Å². The highest BCUT2D eigenvalue weighted by Crippen LogP contribution is 2.44. The van der Waals surface area contributed by atoms with Crippen molar-refractivity contribution in [1.82, 2.24) is 0 Å². The number of carbonyl (C=O) groups excluding carboxylic acids is 1. The number of carbonyl (C=O) groups is 1. The first-order valence-corrected chi connectivity index (χ1v) is 10.5. The molecule has 0 unspecified atom stereocenters. The fraction of sp³-hybridized carbons (Fsp3) is 0.200. The van der Waals surface area contributed by atoms with Crippen LogP contribution < -0.4 is 5.32 Å². The maximum atomic E-state index is 13.4. The van der Waals surface area contributed by atoms with Gasteiger partial charge in [-0.1, -0.05) is 48.0 Å². The van der Waals surface area contributed by atoms with Crippen LogP contribution >= 0.6 is 11.6 Å². The zero-order valence-electron chi connectivity index (χ0n) is 16.3. The van der Waals surface area contributed by atoms with Gasteiger partial charge in [0.1, 0.15) is 11.5 Å². The molecule has 30 heavy (non-hydrogen) atoms. The molecule has 1 aliphatic heterocycles. The Morgan fingerprint density at radius 3 is 2.53 bits per heavy atom. The highest BCUT2D eigenvalue weighted by molar-refractivity contribution is 6.30. The molecule has 2 aliphatic rings. The van der Waals surface area contributed by atoms with E-state index in [-0.39, 0.29) is 29.4 Å². The molecule has 0 bridgehead atoms. The summed E-state index contributed by atoms with van der Waals surface area (Å²) in [6.45, 7) is 0. The average Bonchev–Trinajstić information content (AvgIpc) is 2.91. The summed E-state index contributed by atoms with van der Waals surface area (Å²) in [6, 6.07) is 22.4. The van der Waals surface area contributed by atoms with Gasteiger partial charge in [0, 0.05) is 17.2 Å². The number of aromatic hydroxyl groups is 1. The van der Waals surface area contributed by atoms with Gasteiger partial charge in [-0.05, 0) is 59.9 Å². The van der Waals surface area contributed by atoms with Crippen molar-refractivity contribution in [2.45, 2.75) is 24.8 Å². The normalized spacial score (nSPS) is 22.9. The summed E-state index contributed by atoms with van der Waals surface area (Å²) in [5.41, 5.74) is 4.60. The first kappa shape index (κ1) is 18.9. The maximum absolute atomic E-state index is 13.4. The molecule has 3 aromatic rings. The van der Waals surface area contributed by atoms with E-state index in [1.54, 1.807) is 12.1 Å². The van der Waals surface area contributed by atoms with Crippen molar-refractivity contribution in [2.24, 2.45) is 10.9 Å². The molecule has 4 nitrogen and oxygen atoms in total. The number of phenolic OH excluding ortho intramolecular Hbond substituents is 1. The molecule has 0 aromatic heterocycles. The van der Waals surface area contributed by atoms with Gasteiger partial charge in [0.05, 0.1) is 23.3 Å². The summed E-state index contributed by atoms with van der Waals surface area (Å²) in [4.78, 5) is 18.4. The van der Waals surface area contributed by atoms with Gasteiger partial charge in [-0.3, -0.25) is 9.79 Å². The Bertz CT molecular complexity index is 1140. The van der Waals surface area contributed by atoms with Crippen LogP contribution in [0, 0.1) is 5.92 Å². The van der Waals surface area contributed by atoms with Gasteiger partial charge in [-0.15, -0.1) is 0 Å². The van der Waals surface area contributed by atoms with E-state index in [9.17, 15) is 9.90 Å². The second-order valence-electron chi connectivity index (χ2n) is 7.94. The minimum absolute atomic E-state index is 0.0832. The second-order valence-corrected chi connectivity index (χ2v) is 8.37. The third-order valence-electron chi connectivity index (χ3n) is 5.99. The first-order chi connectivity index (χ1) is 14.6. The average molecular weight is 417 g/mol. The molecule has 150 valence electrons.